The monoisotopic (exact) mass is 141 g/mol. The van der Waals surface area contributed by atoms with Crippen molar-refractivity contribution >= 4 is 0 Å². The lowest BCUT2D eigenvalue weighted by atomic mass is 9.92. The molecule has 60 valence electrons. The van der Waals surface area contributed by atoms with Gasteiger partial charge in [-0.1, -0.05) is 13.8 Å². The van der Waals surface area contributed by atoms with Gasteiger partial charge in [0, 0.05) is 11.1 Å². The van der Waals surface area contributed by atoms with Gasteiger partial charge in [0.05, 0.1) is 0 Å². The van der Waals surface area contributed by atoms with Crippen LogP contribution in [0, 0.1) is 0 Å². The van der Waals surface area contributed by atoms with E-state index in [1.165, 1.54) is 12.8 Å². The first-order valence-corrected chi connectivity index (χ1v) is 4.27. The van der Waals surface area contributed by atoms with Crippen molar-refractivity contribution in [2.24, 2.45) is 0 Å². The van der Waals surface area contributed by atoms with E-state index in [2.05, 4.69) is 39.6 Å². The van der Waals surface area contributed by atoms with E-state index in [4.69, 9.17) is 0 Å². The summed E-state index contributed by atoms with van der Waals surface area (Å²) < 4.78 is 0. The van der Waals surface area contributed by atoms with Crippen LogP contribution >= 0.6 is 0 Å². The Labute approximate surface area is 64.4 Å². The second kappa shape index (κ2) is 1.97. The third kappa shape index (κ3) is 0.619. The molecular formula is C9H19N. The Morgan fingerprint density at radius 2 is 1.30 bits per heavy atom. The van der Waals surface area contributed by atoms with Crippen LogP contribution in [0.1, 0.15) is 40.5 Å². The molecule has 1 aliphatic rings. The molecule has 0 saturated carbocycles. The van der Waals surface area contributed by atoms with Gasteiger partial charge in [-0.25, -0.2) is 0 Å². The van der Waals surface area contributed by atoms with E-state index in [-0.39, 0.29) is 0 Å². The molecule has 1 rings (SSSR count). The minimum Gasteiger partial charge on any atom is -0.292 e. The van der Waals surface area contributed by atoms with Crippen LogP contribution in [0.15, 0.2) is 0 Å². The standard InChI is InChI=1S/C9H19N/c1-6-8(3)9(4,7-2)10(8)5/h6-7H2,1-5H3. The summed E-state index contributed by atoms with van der Waals surface area (Å²) >= 11 is 0. The maximum absolute atomic E-state index is 2.49. The average Bonchev–Trinajstić information content (AvgIpc) is 2.38. The first-order valence-electron chi connectivity index (χ1n) is 4.27. The Balaban J connectivity index is 2.71. The largest absolute Gasteiger partial charge is 0.292 e. The van der Waals surface area contributed by atoms with Crippen LogP contribution < -0.4 is 0 Å². The molecule has 0 aromatic heterocycles. The average molecular weight is 141 g/mol. The van der Waals surface area contributed by atoms with E-state index in [9.17, 15) is 0 Å². The second-order valence-corrected chi connectivity index (χ2v) is 3.81. The summed E-state index contributed by atoms with van der Waals surface area (Å²) in [6, 6.07) is 0. The van der Waals surface area contributed by atoms with Gasteiger partial charge in [0.1, 0.15) is 0 Å². The van der Waals surface area contributed by atoms with Crippen molar-refractivity contribution < 1.29 is 0 Å². The minimum absolute atomic E-state index is 0.488. The zero-order valence-corrected chi connectivity index (χ0v) is 7.86. The van der Waals surface area contributed by atoms with Gasteiger partial charge in [-0.3, -0.25) is 4.90 Å². The van der Waals surface area contributed by atoms with Crippen molar-refractivity contribution in [1.29, 1.82) is 0 Å². The summed E-state index contributed by atoms with van der Waals surface area (Å²) in [5, 5.41) is 0. The minimum atomic E-state index is 0.488. The van der Waals surface area contributed by atoms with Crippen molar-refractivity contribution in [2.45, 2.75) is 51.6 Å². The molecule has 0 aromatic rings. The van der Waals surface area contributed by atoms with Crippen molar-refractivity contribution in [3.63, 3.8) is 0 Å². The van der Waals surface area contributed by atoms with Crippen LogP contribution in [-0.4, -0.2) is 23.0 Å². The van der Waals surface area contributed by atoms with Gasteiger partial charge in [0.15, 0.2) is 0 Å². The summed E-state index contributed by atoms with van der Waals surface area (Å²) in [4.78, 5) is 2.49. The molecule has 0 amide bonds. The predicted octanol–water partition coefficient (Wildman–Crippen LogP) is 2.27. The number of hydrogen-bond acceptors (Lipinski definition) is 1. The lowest BCUT2D eigenvalue weighted by Crippen LogP contribution is -2.17. The highest BCUT2D eigenvalue weighted by Gasteiger charge is 2.64. The summed E-state index contributed by atoms with van der Waals surface area (Å²) in [5.74, 6) is 0. The molecule has 2 atom stereocenters. The van der Waals surface area contributed by atoms with Crippen molar-refractivity contribution in [1.82, 2.24) is 4.90 Å². The second-order valence-electron chi connectivity index (χ2n) is 3.81. The van der Waals surface area contributed by atoms with Gasteiger partial charge in [0.2, 0.25) is 0 Å². The normalized spacial score (nSPS) is 53.1. The summed E-state index contributed by atoms with van der Waals surface area (Å²) in [6.45, 7) is 9.27. The van der Waals surface area contributed by atoms with E-state index in [1.54, 1.807) is 0 Å². The van der Waals surface area contributed by atoms with E-state index >= 15 is 0 Å². The van der Waals surface area contributed by atoms with Crippen molar-refractivity contribution in [3.05, 3.63) is 0 Å². The van der Waals surface area contributed by atoms with E-state index in [0.717, 1.165) is 0 Å². The fourth-order valence-corrected chi connectivity index (χ4v) is 2.18. The van der Waals surface area contributed by atoms with Crippen LogP contribution in [0.4, 0.5) is 0 Å². The van der Waals surface area contributed by atoms with Gasteiger partial charge in [-0.15, -0.1) is 0 Å². The molecule has 0 aromatic carbocycles. The Hall–Kier alpha value is -0.0400. The number of nitrogens with zero attached hydrogens (tertiary/aromatic N) is 1. The molecule has 0 radical (unpaired) electrons. The summed E-state index contributed by atoms with van der Waals surface area (Å²) in [6.07, 6.45) is 2.54. The molecule has 1 nitrogen and oxygen atoms in total. The Morgan fingerprint density at radius 1 is 1.00 bits per heavy atom. The highest BCUT2D eigenvalue weighted by Crippen LogP contribution is 2.53. The molecule has 0 bridgehead atoms. The zero-order valence-electron chi connectivity index (χ0n) is 7.86. The molecular weight excluding hydrogens is 122 g/mol. The first kappa shape index (κ1) is 8.06. The van der Waals surface area contributed by atoms with Gasteiger partial charge in [-0.05, 0) is 33.7 Å². The highest BCUT2D eigenvalue weighted by atomic mass is 15.4. The lowest BCUT2D eigenvalue weighted by Gasteiger charge is -2.09. The molecule has 1 heteroatoms. The molecule has 0 aliphatic carbocycles. The molecule has 0 spiro atoms. The SMILES string of the molecule is CCC1(C)N(C)C1(C)CC. The maximum atomic E-state index is 2.49. The van der Waals surface area contributed by atoms with E-state index in [0.29, 0.717) is 11.1 Å². The summed E-state index contributed by atoms with van der Waals surface area (Å²) in [5.41, 5.74) is 0.976. The van der Waals surface area contributed by atoms with Gasteiger partial charge in [0.25, 0.3) is 0 Å². The van der Waals surface area contributed by atoms with Gasteiger partial charge >= 0.3 is 0 Å². The van der Waals surface area contributed by atoms with E-state index in [1.807, 2.05) is 0 Å². The number of rotatable bonds is 2. The molecule has 10 heavy (non-hydrogen) atoms. The maximum Gasteiger partial charge on any atom is 0.0362 e. The highest BCUT2D eigenvalue weighted by molar-refractivity contribution is 5.21. The van der Waals surface area contributed by atoms with Gasteiger partial charge in [-0.2, -0.15) is 0 Å². The smallest absolute Gasteiger partial charge is 0.0362 e. The zero-order chi connectivity index (χ0) is 7.99. The van der Waals surface area contributed by atoms with Crippen LogP contribution in [0.25, 0.3) is 0 Å². The van der Waals surface area contributed by atoms with Gasteiger partial charge < -0.3 is 0 Å². The van der Waals surface area contributed by atoms with Crippen LogP contribution in [0.2, 0.25) is 0 Å². The molecule has 1 saturated heterocycles. The lowest BCUT2D eigenvalue weighted by molar-refractivity contribution is 0.465. The number of hydrogen-bond donors (Lipinski definition) is 0. The molecule has 1 fully saturated rings. The van der Waals surface area contributed by atoms with Crippen molar-refractivity contribution in [2.75, 3.05) is 7.05 Å². The molecule has 2 unspecified atom stereocenters. The summed E-state index contributed by atoms with van der Waals surface area (Å²) in [7, 11) is 2.23. The molecule has 1 aliphatic heterocycles. The Kier molecular flexibility index (Phi) is 1.59. The fourth-order valence-electron chi connectivity index (χ4n) is 2.18. The molecule has 1 heterocycles. The van der Waals surface area contributed by atoms with E-state index < -0.39 is 0 Å². The van der Waals surface area contributed by atoms with Crippen LogP contribution in [0.5, 0.6) is 0 Å². The van der Waals surface area contributed by atoms with Crippen LogP contribution in [-0.2, 0) is 0 Å². The Morgan fingerprint density at radius 3 is 1.40 bits per heavy atom. The Bertz CT molecular complexity index is 128. The first-order chi connectivity index (χ1) is 4.53. The third-order valence-electron chi connectivity index (χ3n) is 3.97. The fraction of sp³-hybridized carbons (Fsp3) is 1.00. The predicted molar refractivity (Wildman–Crippen MR) is 45.2 cm³/mol. The quantitative estimate of drug-likeness (QED) is 0.533. The topological polar surface area (TPSA) is 3.01 Å². The van der Waals surface area contributed by atoms with Crippen molar-refractivity contribution in [3.8, 4) is 0 Å². The molecule has 0 N–H and O–H groups in total. The third-order valence-corrected chi connectivity index (χ3v) is 3.97. The van der Waals surface area contributed by atoms with Crippen LogP contribution in [0.3, 0.4) is 0 Å². The number of likely N-dealkylation sites (N-methyl/N-ethyl adjacent to an activating group) is 1.